The number of anilines is 1. The fraction of sp³-hybridized carbons (Fsp3) is 0.688. The van der Waals surface area contributed by atoms with Crippen LogP contribution in [0.2, 0.25) is 0 Å². The van der Waals surface area contributed by atoms with E-state index in [1.165, 1.54) is 7.05 Å². The Kier molecular flexibility index (Phi) is 9.66. The third-order valence-corrected chi connectivity index (χ3v) is 9.01. The molecule has 2 fully saturated rings. The number of phosphoric acid groups is 3. The van der Waals surface area contributed by atoms with Crippen LogP contribution >= 0.6 is 23.5 Å². The molecule has 0 spiro atoms. The van der Waals surface area contributed by atoms with Crippen LogP contribution in [0, 0.1) is 0 Å². The molecule has 2 aromatic heterocycles. The molecule has 0 radical (unpaired) electrons. The van der Waals surface area contributed by atoms with Gasteiger partial charge in [0.25, 0.3) is 0 Å². The molecule has 2 saturated heterocycles. The van der Waals surface area contributed by atoms with E-state index < -0.39 is 85.8 Å². The second kappa shape index (κ2) is 12.2. The number of nitrogens with zero attached hydrogens (tertiary/aromatic N) is 4. The first-order valence-electron chi connectivity index (χ1n) is 11.4. The van der Waals surface area contributed by atoms with E-state index in [-0.39, 0.29) is 17.0 Å². The molecule has 0 aliphatic carbocycles. The van der Waals surface area contributed by atoms with Gasteiger partial charge >= 0.3 is 23.5 Å². The third-order valence-electron chi connectivity index (χ3n) is 5.89. The highest BCUT2D eigenvalue weighted by molar-refractivity contribution is 7.61. The van der Waals surface area contributed by atoms with Gasteiger partial charge in [0.15, 0.2) is 17.7 Å². The fourth-order valence-electron chi connectivity index (χ4n) is 4.05. The number of hydrogen-bond acceptors (Lipinski definition) is 17. The van der Waals surface area contributed by atoms with E-state index in [0.29, 0.717) is 0 Å². The van der Waals surface area contributed by atoms with Crippen molar-refractivity contribution >= 4 is 40.4 Å². The lowest BCUT2D eigenvalue weighted by atomic mass is 10.1. The minimum absolute atomic E-state index is 0.0232. The summed E-state index contributed by atoms with van der Waals surface area (Å²) in [6, 6.07) is 0. The number of aliphatic hydroxyl groups is 3. The molecule has 2 aromatic rings. The van der Waals surface area contributed by atoms with Gasteiger partial charge in [0.1, 0.15) is 54.7 Å². The van der Waals surface area contributed by atoms with Gasteiger partial charge in [0.2, 0.25) is 0 Å². The van der Waals surface area contributed by atoms with E-state index in [9.17, 15) is 48.6 Å². The van der Waals surface area contributed by atoms with Gasteiger partial charge in [0, 0.05) is 0 Å². The molecule has 4 rings (SSSR count). The number of nitrogens with one attached hydrogen (secondary N) is 1. The molecule has 10 atom stereocenters. The van der Waals surface area contributed by atoms with Crippen molar-refractivity contribution in [1.82, 2.24) is 24.8 Å². The lowest BCUT2D eigenvalue weighted by molar-refractivity contribution is -0.0503. The maximum absolute atomic E-state index is 12.4. The van der Waals surface area contributed by atoms with E-state index in [0.717, 1.165) is 17.2 Å². The Morgan fingerprint density at radius 1 is 0.951 bits per heavy atom. The second-order valence-electron chi connectivity index (χ2n) is 8.67. The van der Waals surface area contributed by atoms with E-state index in [4.69, 9.17) is 15.2 Å². The molecule has 41 heavy (non-hydrogen) atoms. The number of nitrogen functional groups attached to an aromatic ring is 1. The number of aromatic nitrogens is 4. The summed E-state index contributed by atoms with van der Waals surface area (Å²) in [5, 5.41) is 32.9. The molecular weight excluding hydrogens is 625 g/mol. The Labute approximate surface area is 229 Å². The minimum Gasteiger partial charge on any atom is -0.387 e. The summed E-state index contributed by atoms with van der Waals surface area (Å²) in [5.41, 5.74) is 5.84. The lowest BCUT2D eigenvalue weighted by Crippen LogP contribution is -2.39. The van der Waals surface area contributed by atoms with Gasteiger partial charge in [-0.2, -0.15) is 4.31 Å². The zero-order valence-electron chi connectivity index (χ0n) is 20.7. The van der Waals surface area contributed by atoms with Crippen molar-refractivity contribution < 1.29 is 75.9 Å². The Bertz CT molecular complexity index is 1380. The van der Waals surface area contributed by atoms with Crippen LogP contribution in [0.3, 0.4) is 0 Å². The fourth-order valence-corrected chi connectivity index (χ4v) is 6.68. The van der Waals surface area contributed by atoms with Crippen LogP contribution in [-0.4, -0.2) is 118 Å². The zero-order chi connectivity index (χ0) is 30.3. The SMILES string of the molecule is CN[C@@H]1O[C@H](COP(=O)(O)OP(=O)(O)OC[C@H]2O[C@@H](n3cnc4c(N)ncnc43)[C@H](OP(=O)(O)O)[C@@H]2O)[C@@H](O)[C@H]1O. The van der Waals surface area contributed by atoms with Crippen LogP contribution in [0.4, 0.5) is 5.82 Å². The Hall–Kier alpha value is -1.52. The predicted octanol–water partition coefficient (Wildman–Crippen LogP) is -2.94. The number of aliphatic hydroxyl groups excluding tert-OH is 3. The molecule has 0 bridgehead atoms. The second-order valence-corrected chi connectivity index (χ2v) is 12.9. The number of imidazole rings is 1. The summed E-state index contributed by atoms with van der Waals surface area (Å²) in [6.07, 6.45) is -9.96. The normalized spacial score (nSPS) is 33.7. The molecule has 4 heterocycles. The quantitative estimate of drug-likeness (QED) is 0.104. The summed E-state index contributed by atoms with van der Waals surface area (Å²) >= 11 is 0. The number of likely N-dealkylation sites (N-methyl/N-ethyl adjacent to an activating group) is 1. The lowest BCUT2D eigenvalue weighted by Gasteiger charge is -2.22. The highest BCUT2D eigenvalue weighted by Crippen LogP contribution is 2.61. The number of fused-ring (bicyclic) bond motifs is 1. The Morgan fingerprint density at radius 2 is 1.56 bits per heavy atom. The monoisotopic (exact) mass is 652 g/mol. The van der Waals surface area contributed by atoms with E-state index in [1.54, 1.807) is 0 Å². The average molecular weight is 652 g/mol. The Morgan fingerprint density at radius 3 is 2.12 bits per heavy atom. The van der Waals surface area contributed by atoms with Crippen LogP contribution < -0.4 is 11.1 Å². The minimum atomic E-state index is -5.43. The standard InChI is InChI=1S/C16H27N6O16P3/c1-18-15-11(25)9(23)6(35-15)2-33-40(29,30)38-41(31,32)34-3-7-10(24)12(37-39(26,27)28)16(36-7)22-5-21-8-13(17)19-4-20-14(8)22/h4-7,9-12,15-16,18,23-25H,2-3H2,1H3,(H,29,30)(H,31,32)(H2,17,19,20)(H2,26,27,28)/t6-,7-,9-,10-,11-,12-,15-,16-/m1/s1. The first-order valence-corrected chi connectivity index (χ1v) is 15.9. The van der Waals surface area contributed by atoms with Crippen molar-refractivity contribution in [3.8, 4) is 0 Å². The van der Waals surface area contributed by atoms with Crippen molar-refractivity contribution in [3.05, 3.63) is 12.7 Å². The van der Waals surface area contributed by atoms with Gasteiger partial charge in [-0.25, -0.2) is 28.6 Å². The van der Waals surface area contributed by atoms with Crippen LogP contribution in [-0.2, 0) is 41.1 Å². The summed E-state index contributed by atoms with van der Waals surface area (Å²) in [6.45, 7) is -1.87. The van der Waals surface area contributed by atoms with Crippen molar-refractivity contribution in [2.45, 2.75) is 49.1 Å². The van der Waals surface area contributed by atoms with Crippen molar-refractivity contribution in [3.63, 3.8) is 0 Å². The highest BCUT2D eigenvalue weighted by Gasteiger charge is 2.50. The molecule has 2 unspecified atom stereocenters. The van der Waals surface area contributed by atoms with Crippen molar-refractivity contribution in [2.75, 3.05) is 26.0 Å². The van der Waals surface area contributed by atoms with Gasteiger partial charge in [0.05, 0.1) is 19.5 Å². The van der Waals surface area contributed by atoms with E-state index >= 15 is 0 Å². The molecule has 22 nitrogen and oxygen atoms in total. The first-order chi connectivity index (χ1) is 19.0. The number of nitrogens with two attached hydrogens (primary N) is 1. The number of rotatable bonds is 12. The molecule has 0 aromatic carbocycles. The molecule has 0 saturated carbocycles. The molecule has 2 aliphatic heterocycles. The highest BCUT2D eigenvalue weighted by atomic mass is 31.3. The smallest absolute Gasteiger partial charge is 0.387 e. The Balaban J connectivity index is 1.41. The van der Waals surface area contributed by atoms with Crippen LogP contribution in [0.25, 0.3) is 11.2 Å². The third kappa shape index (κ3) is 7.53. The van der Waals surface area contributed by atoms with Gasteiger partial charge in [-0.15, -0.1) is 0 Å². The van der Waals surface area contributed by atoms with E-state index in [1.807, 2.05) is 0 Å². The summed E-state index contributed by atoms with van der Waals surface area (Å²) in [5.74, 6) is -0.0410. The van der Waals surface area contributed by atoms with E-state index in [2.05, 4.69) is 38.2 Å². The largest absolute Gasteiger partial charge is 0.481 e. The molecule has 2 aliphatic rings. The molecular formula is C16H27N6O16P3. The van der Waals surface area contributed by atoms with Gasteiger partial charge < -0.3 is 50.1 Å². The molecule has 25 heteroatoms. The molecule has 10 N–H and O–H groups in total. The first kappa shape index (κ1) is 32.4. The van der Waals surface area contributed by atoms with Gasteiger partial charge in [-0.3, -0.25) is 23.5 Å². The molecule has 0 amide bonds. The maximum Gasteiger partial charge on any atom is 0.481 e. The zero-order valence-corrected chi connectivity index (χ0v) is 23.4. The van der Waals surface area contributed by atoms with Crippen molar-refractivity contribution in [2.24, 2.45) is 0 Å². The summed E-state index contributed by atoms with van der Waals surface area (Å²) < 4.78 is 66.1. The molecule has 232 valence electrons. The summed E-state index contributed by atoms with van der Waals surface area (Å²) in [4.78, 5) is 50.2. The average Bonchev–Trinajstić information content (AvgIpc) is 3.51. The maximum atomic E-state index is 12.4. The number of hydrogen-bond donors (Lipinski definition) is 9. The number of phosphoric ester groups is 3. The van der Waals surface area contributed by atoms with Crippen LogP contribution in [0.1, 0.15) is 6.23 Å². The number of ether oxygens (including phenoxy) is 2. The topological polar surface area (TPSA) is 330 Å². The summed E-state index contributed by atoms with van der Waals surface area (Å²) in [7, 11) is -14.6. The van der Waals surface area contributed by atoms with Crippen LogP contribution in [0.15, 0.2) is 12.7 Å². The van der Waals surface area contributed by atoms with Gasteiger partial charge in [-0.05, 0) is 7.05 Å². The van der Waals surface area contributed by atoms with Gasteiger partial charge in [-0.1, -0.05) is 0 Å². The van der Waals surface area contributed by atoms with Crippen LogP contribution in [0.5, 0.6) is 0 Å². The van der Waals surface area contributed by atoms with Crippen molar-refractivity contribution in [1.29, 1.82) is 0 Å². The predicted molar refractivity (Wildman–Crippen MR) is 129 cm³/mol.